The lowest BCUT2D eigenvalue weighted by atomic mass is 10.1. The molecule has 0 saturated carbocycles. The molecule has 146 valence electrons. The van der Waals surface area contributed by atoms with Crippen LogP contribution in [0.15, 0.2) is 41.0 Å². The van der Waals surface area contributed by atoms with Crippen molar-refractivity contribution in [3.8, 4) is 0 Å². The molecule has 0 spiro atoms. The molecule has 0 bridgehead atoms. The summed E-state index contributed by atoms with van der Waals surface area (Å²) in [6.07, 6.45) is 2.76. The third-order valence-corrected chi connectivity index (χ3v) is 5.46. The van der Waals surface area contributed by atoms with Crippen LogP contribution < -0.4 is 4.90 Å². The Labute approximate surface area is 167 Å². The van der Waals surface area contributed by atoms with E-state index in [0.29, 0.717) is 61.2 Å². The minimum atomic E-state index is -0.168. The summed E-state index contributed by atoms with van der Waals surface area (Å²) in [5.41, 5.74) is 1.08. The van der Waals surface area contributed by atoms with Crippen LogP contribution in [0.4, 0.5) is 5.69 Å². The van der Waals surface area contributed by atoms with Crippen LogP contribution in [0.3, 0.4) is 0 Å². The highest BCUT2D eigenvalue weighted by atomic mass is 35.5. The number of carbonyl (C=O) groups is 3. The standard InChI is InChI=1S/C20H20ClN3O4/c21-15-6-5-14(13-16(15)24-7-1-4-18(24)25)19(26)22-8-10-23(11-9-22)20(27)17-3-2-12-28-17/h2-3,5-6,12-13H,1,4,7-11H2. The molecule has 0 unspecified atom stereocenters. The second kappa shape index (κ2) is 7.67. The van der Waals surface area contributed by atoms with E-state index in [1.165, 1.54) is 6.26 Å². The summed E-state index contributed by atoms with van der Waals surface area (Å²) in [6, 6.07) is 8.33. The first-order valence-corrected chi connectivity index (χ1v) is 9.64. The van der Waals surface area contributed by atoms with Gasteiger partial charge < -0.3 is 19.1 Å². The first kappa shape index (κ1) is 18.6. The Morgan fingerprint density at radius 1 is 0.964 bits per heavy atom. The number of rotatable bonds is 3. The fourth-order valence-corrected chi connectivity index (χ4v) is 3.83. The monoisotopic (exact) mass is 401 g/mol. The lowest BCUT2D eigenvalue weighted by Gasteiger charge is -2.34. The van der Waals surface area contributed by atoms with Crippen molar-refractivity contribution in [2.24, 2.45) is 0 Å². The molecule has 8 heteroatoms. The predicted molar refractivity (Wildman–Crippen MR) is 104 cm³/mol. The van der Waals surface area contributed by atoms with E-state index in [1.54, 1.807) is 45.0 Å². The first-order chi connectivity index (χ1) is 13.5. The summed E-state index contributed by atoms with van der Waals surface area (Å²) in [5, 5.41) is 0.459. The van der Waals surface area contributed by atoms with Crippen molar-refractivity contribution in [1.82, 2.24) is 9.80 Å². The zero-order chi connectivity index (χ0) is 19.7. The minimum Gasteiger partial charge on any atom is -0.459 e. The molecule has 2 aromatic rings. The smallest absolute Gasteiger partial charge is 0.289 e. The number of anilines is 1. The SMILES string of the molecule is O=C(c1ccc(Cl)c(N2CCCC2=O)c1)N1CCN(C(=O)c2ccco2)CC1. The van der Waals surface area contributed by atoms with Gasteiger partial charge in [0.05, 0.1) is 17.0 Å². The number of halogens is 1. The summed E-state index contributed by atoms with van der Waals surface area (Å²) in [5.74, 6) is 0.0297. The summed E-state index contributed by atoms with van der Waals surface area (Å²) < 4.78 is 5.16. The van der Waals surface area contributed by atoms with Gasteiger partial charge in [0.2, 0.25) is 5.91 Å². The highest BCUT2D eigenvalue weighted by Gasteiger charge is 2.28. The molecule has 0 radical (unpaired) electrons. The Morgan fingerprint density at radius 3 is 2.29 bits per heavy atom. The fourth-order valence-electron chi connectivity index (χ4n) is 3.61. The Morgan fingerprint density at radius 2 is 1.68 bits per heavy atom. The molecule has 7 nitrogen and oxygen atoms in total. The third kappa shape index (κ3) is 3.49. The molecular weight excluding hydrogens is 382 g/mol. The zero-order valence-corrected chi connectivity index (χ0v) is 16.0. The van der Waals surface area contributed by atoms with Gasteiger partial charge in [-0.1, -0.05) is 11.6 Å². The summed E-state index contributed by atoms with van der Waals surface area (Å²) in [7, 11) is 0. The van der Waals surface area contributed by atoms with E-state index in [0.717, 1.165) is 6.42 Å². The van der Waals surface area contributed by atoms with Gasteiger partial charge in [0.1, 0.15) is 0 Å². The van der Waals surface area contributed by atoms with Crippen molar-refractivity contribution in [1.29, 1.82) is 0 Å². The Balaban J connectivity index is 1.44. The molecule has 3 amide bonds. The molecule has 2 fully saturated rings. The normalized spacial score (nSPS) is 17.3. The van der Waals surface area contributed by atoms with E-state index in [4.69, 9.17) is 16.0 Å². The van der Waals surface area contributed by atoms with Gasteiger partial charge in [0.25, 0.3) is 11.8 Å². The van der Waals surface area contributed by atoms with E-state index in [2.05, 4.69) is 0 Å². The molecule has 4 rings (SSSR count). The average Bonchev–Trinajstić information content (AvgIpc) is 3.39. The fraction of sp³-hybridized carbons (Fsp3) is 0.350. The number of amides is 3. The highest BCUT2D eigenvalue weighted by molar-refractivity contribution is 6.34. The van der Waals surface area contributed by atoms with E-state index in [9.17, 15) is 14.4 Å². The van der Waals surface area contributed by atoms with Crippen molar-refractivity contribution < 1.29 is 18.8 Å². The van der Waals surface area contributed by atoms with Crippen LogP contribution in [0.1, 0.15) is 33.8 Å². The molecule has 0 aliphatic carbocycles. The molecule has 28 heavy (non-hydrogen) atoms. The molecular formula is C20H20ClN3O4. The summed E-state index contributed by atoms with van der Waals surface area (Å²) in [4.78, 5) is 42.3. The van der Waals surface area contributed by atoms with Crippen molar-refractivity contribution in [2.45, 2.75) is 12.8 Å². The Kier molecular flexibility index (Phi) is 5.09. The maximum absolute atomic E-state index is 12.9. The maximum atomic E-state index is 12.9. The zero-order valence-electron chi connectivity index (χ0n) is 15.3. The van der Waals surface area contributed by atoms with Gasteiger partial charge in [-0.05, 0) is 36.8 Å². The van der Waals surface area contributed by atoms with Crippen molar-refractivity contribution in [2.75, 3.05) is 37.6 Å². The molecule has 0 atom stereocenters. The molecule has 2 aliphatic rings. The molecule has 3 heterocycles. The second-order valence-corrected chi connectivity index (χ2v) is 7.28. The van der Waals surface area contributed by atoms with Gasteiger partial charge in [-0.15, -0.1) is 0 Å². The maximum Gasteiger partial charge on any atom is 0.289 e. The topological polar surface area (TPSA) is 74.1 Å². The van der Waals surface area contributed by atoms with Crippen molar-refractivity contribution in [3.63, 3.8) is 0 Å². The predicted octanol–water partition coefficient (Wildman–Crippen LogP) is 2.66. The van der Waals surface area contributed by atoms with Gasteiger partial charge in [-0.3, -0.25) is 14.4 Å². The number of carbonyl (C=O) groups excluding carboxylic acids is 3. The molecule has 2 aliphatic heterocycles. The van der Waals surface area contributed by atoms with Gasteiger partial charge in [-0.25, -0.2) is 0 Å². The lowest BCUT2D eigenvalue weighted by Crippen LogP contribution is -2.50. The largest absolute Gasteiger partial charge is 0.459 e. The van der Waals surface area contributed by atoms with E-state index < -0.39 is 0 Å². The summed E-state index contributed by atoms with van der Waals surface area (Å²) in [6.45, 7) is 2.37. The quantitative estimate of drug-likeness (QED) is 0.792. The van der Waals surface area contributed by atoms with E-state index in [1.807, 2.05) is 0 Å². The van der Waals surface area contributed by atoms with Gasteiger partial charge >= 0.3 is 0 Å². The minimum absolute atomic E-state index is 0.0246. The van der Waals surface area contributed by atoms with E-state index >= 15 is 0 Å². The molecule has 2 saturated heterocycles. The number of furan rings is 1. The van der Waals surface area contributed by atoms with Gasteiger partial charge in [0, 0.05) is 44.7 Å². The van der Waals surface area contributed by atoms with Crippen LogP contribution in [0.5, 0.6) is 0 Å². The summed E-state index contributed by atoms with van der Waals surface area (Å²) >= 11 is 6.26. The lowest BCUT2D eigenvalue weighted by molar-refractivity contribution is -0.117. The second-order valence-electron chi connectivity index (χ2n) is 6.88. The van der Waals surface area contributed by atoms with Crippen LogP contribution >= 0.6 is 11.6 Å². The van der Waals surface area contributed by atoms with Crippen molar-refractivity contribution >= 4 is 35.0 Å². The third-order valence-electron chi connectivity index (χ3n) is 5.14. The van der Waals surface area contributed by atoms with Crippen LogP contribution in [0.2, 0.25) is 5.02 Å². The van der Waals surface area contributed by atoms with Crippen LogP contribution in [0.25, 0.3) is 0 Å². The number of piperazine rings is 1. The number of nitrogens with zero attached hydrogens (tertiary/aromatic N) is 3. The van der Waals surface area contributed by atoms with Crippen LogP contribution in [-0.2, 0) is 4.79 Å². The number of hydrogen-bond donors (Lipinski definition) is 0. The molecule has 1 aromatic carbocycles. The number of benzene rings is 1. The van der Waals surface area contributed by atoms with Gasteiger partial charge in [0.15, 0.2) is 5.76 Å². The first-order valence-electron chi connectivity index (χ1n) is 9.26. The highest BCUT2D eigenvalue weighted by Crippen LogP contribution is 2.31. The van der Waals surface area contributed by atoms with Crippen LogP contribution in [-0.4, -0.2) is 60.2 Å². The van der Waals surface area contributed by atoms with E-state index in [-0.39, 0.29) is 17.7 Å². The Hall–Kier alpha value is -2.80. The Bertz CT molecular complexity index is 904. The van der Waals surface area contributed by atoms with Gasteiger partial charge in [-0.2, -0.15) is 0 Å². The average molecular weight is 402 g/mol. The molecule has 0 N–H and O–H groups in total. The molecule has 1 aromatic heterocycles. The van der Waals surface area contributed by atoms with Crippen molar-refractivity contribution in [3.05, 3.63) is 52.9 Å². The van der Waals surface area contributed by atoms with Crippen LogP contribution in [0, 0.1) is 0 Å². The number of hydrogen-bond acceptors (Lipinski definition) is 4.